The van der Waals surface area contributed by atoms with Crippen LogP contribution >= 0.6 is 11.6 Å². The minimum Gasteiger partial charge on any atom is -0.476 e. The Kier molecular flexibility index (Phi) is 10.2. The van der Waals surface area contributed by atoms with Crippen molar-refractivity contribution in [2.24, 2.45) is 4.99 Å². The van der Waals surface area contributed by atoms with E-state index < -0.39 is 41.7 Å². The lowest BCUT2D eigenvalue weighted by atomic mass is 9.92. The molecule has 38 heavy (non-hydrogen) atoms. The van der Waals surface area contributed by atoms with E-state index in [1.54, 1.807) is 30.0 Å². The van der Waals surface area contributed by atoms with E-state index in [4.69, 9.17) is 37.0 Å². The van der Waals surface area contributed by atoms with E-state index in [0.29, 0.717) is 24.4 Å². The highest BCUT2D eigenvalue weighted by Gasteiger charge is 2.49. The van der Waals surface area contributed by atoms with Gasteiger partial charge in [0.1, 0.15) is 31.9 Å². The predicted molar refractivity (Wildman–Crippen MR) is 141 cm³/mol. The molecule has 0 spiro atoms. The van der Waals surface area contributed by atoms with Crippen molar-refractivity contribution in [2.75, 3.05) is 33.5 Å². The molecule has 0 radical (unpaired) electrons. The molecule has 2 amide bonds. The second-order valence-corrected chi connectivity index (χ2v) is 9.42. The van der Waals surface area contributed by atoms with Crippen molar-refractivity contribution in [2.45, 2.75) is 49.9 Å². The summed E-state index contributed by atoms with van der Waals surface area (Å²) in [6.07, 6.45) is 6.61. The lowest BCUT2D eigenvalue weighted by Crippen LogP contribution is -2.56. The fraction of sp³-hybridized carbons (Fsp3) is 0.481. The summed E-state index contributed by atoms with van der Waals surface area (Å²) in [6.45, 7) is 5.43. The van der Waals surface area contributed by atoms with Gasteiger partial charge in [0, 0.05) is 18.0 Å². The Labute approximate surface area is 227 Å². The van der Waals surface area contributed by atoms with Crippen LogP contribution in [0.5, 0.6) is 0 Å². The van der Waals surface area contributed by atoms with Gasteiger partial charge in [-0.05, 0) is 37.5 Å². The molecule has 1 fully saturated rings. The first-order valence-electron chi connectivity index (χ1n) is 12.2. The maximum Gasteiger partial charge on any atom is 0.408 e. The standard InChI is InChI=1S/C27H32ClN3O7/c1-5-13-36-18(3)22(29-26(34)37-14-6-2)24(32)31-12-8-11-21(31)23-30-27(17-38-23,25(33)35-4)16-19-9-7-10-20(28)15-19/h1,6-7,9-10,15,18,21-22H,2,8,11-14,16-17H2,3-4H3,(H,29,34)/t18-,21+,22+,27?/m1/s1. The van der Waals surface area contributed by atoms with Crippen LogP contribution in [0.15, 0.2) is 41.9 Å². The number of nitrogens with one attached hydrogen (secondary N) is 1. The third-order valence-corrected chi connectivity index (χ3v) is 6.56. The van der Waals surface area contributed by atoms with Crippen LogP contribution in [0.3, 0.4) is 0 Å². The van der Waals surface area contributed by atoms with Crippen LogP contribution in [0.25, 0.3) is 0 Å². The highest BCUT2D eigenvalue weighted by Crippen LogP contribution is 2.31. The number of carbonyl (C=O) groups excluding carboxylic acids is 3. The molecule has 1 saturated heterocycles. The largest absolute Gasteiger partial charge is 0.476 e. The molecule has 3 rings (SSSR count). The summed E-state index contributed by atoms with van der Waals surface area (Å²) in [7, 11) is 1.29. The first-order valence-corrected chi connectivity index (χ1v) is 12.6. The van der Waals surface area contributed by atoms with Crippen molar-refractivity contribution < 1.29 is 33.3 Å². The Morgan fingerprint density at radius 2 is 2.24 bits per heavy atom. The molecule has 4 atom stereocenters. The van der Waals surface area contributed by atoms with Crippen molar-refractivity contribution in [1.82, 2.24) is 10.2 Å². The average Bonchev–Trinajstić information content (AvgIpc) is 3.56. The van der Waals surface area contributed by atoms with Crippen LogP contribution in [0.4, 0.5) is 4.79 Å². The zero-order valence-corrected chi connectivity index (χ0v) is 22.2. The summed E-state index contributed by atoms with van der Waals surface area (Å²) >= 11 is 6.13. The number of rotatable bonds is 11. The van der Waals surface area contributed by atoms with E-state index in [1.165, 1.54) is 13.2 Å². The van der Waals surface area contributed by atoms with Gasteiger partial charge in [-0.1, -0.05) is 42.3 Å². The van der Waals surface area contributed by atoms with Crippen LogP contribution in [0.2, 0.25) is 5.02 Å². The summed E-state index contributed by atoms with van der Waals surface area (Å²) in [5.41, 5.74) is -0.529. The highest BCUT2D eigenvalue weighted by molar-refractivity contribution is 6.30. The van der Waals surface area contributed by atoms with Crippen LogP contribution in [0, 0.1) is 12.3 Å². The Morgan fingerprint density at radius 1 is 1.45 bits per heavy atom. The number of amides is 2. The zero-order valence-electron chi connectivity index (χ0n) is 21.5. The number of hydrogen-bond donors (Lipinski definition) is 1. The van der Waals surface area contributed by atoms with Crippen molar-refractivity contribution in [3.05, 3.63) is 47.5 Å². The maximum absolute atomic E-state index is 13.7. The van der Waals surface area contributed by atoms with Gasteiger partial charge in [-0.2, -0.15) is 0 Å². The second kappa shape index (κ2) is 13.3. The van der Waals surface area contributed by atoms with Gasteiger partial charge < -0.3 is 29.2 Å². The van der Waals surface area contributed by atoms with Crippen molar-refractivity contribution in [3.63, 3.8) is 0 Å². The van der Waals surface area contributed by atoms with Crippen LogP contribution in [-0.2, 0) is 35.0 Å². The zero-order chi connectivity index (χ0) is 27.7. The Balaban J connectivity index is 1.86. The third-order valence-electron chi connectivity index (χ3n) is 6.33. The number of ether oxygens (including phenoxy) is 4. The minimum atomic E-state index is -1.32. The summed E-state index contributed by atoms with van der Waals surface area (Å²) in [5, 5.41) is 3.10. The number of alkyl carbamates (subject to hydrolysis) is 1. The Hall–Kier alpha value is -3.55. The van der Waals surface area contributed by atoms with E-state index >= 15 is 0 Å². The number of aliphatic imine (C=N–C) groups is 1. The fourth-order valence-electron chi connectivity index (χ4n) is 4.51. The molecule has 1 aromatic carbocycles. The molecule has 2 heterocycles. The second-order valence-electron chi connectivity index (χ2n) is 8.99. The summed E-state index contributed by atoms with van der Waals surface area (Å²) < 4.78 is 21.6. The summed E-state index contributed by atoms with van der Waals surface area (Å²) in [5.74, 6) is 1.65. The Morgan fingerprint density at radius 3 is 2.92 bits per heavy atom. The number of carbonyl (C=O) groups is 3. The number of halogens is 1. The molecule has 204 valence electrons. The van der Waals surface area contributed by atoms with Gasteiger partial charge in [0.05, 0.1) is 13.2 Å². The SMILES string of the molecule is C#CCO[C@H](C)[C@H](NC(=O)OCC=C)C(=O)N1CCC[C@H]1C1=NC(Cc2cccc(Cl)c2)(C(=O)OC)CO1. The molecule has 0 bridgehead atoms. The molecule has 10 nitrogen and oxygen atoms in total. The minimum absolute atomic E-state index is 0.0223. The number of methoxy groups -OCH3 is 1. The number of hydrogen-bond acceptors (Lipinski definition) is 8. The molecule has 0 saturated carbocycles. The highest BCUT2D eigenvalue weighted by atomic mass is 35.5. The molecule has 1 unspecified atom stereocenters. The average molecular weight is 546 g/mol. The van der Waals surface area contributed by atoms with Crippen molar-refractivity contribution >= 4 is 35.5 Å². The molecule has 0 aromatic heterocycles. The summed E-state index contributed by atoms with van der Waals surface area (Å²) in [6, 6.07) is 5.50. The number of nitrogens with zero attached hydrogens (tertiary/aromatic N) is 2. The molecule has 11 heteroatoms. The molecule has 2 aliphatic heterocycles. The number of terminal acetylenes is 1. The van der Waals surface area contributed by atoms with Gasteiger partial charge in [-0.3, -0.25) is 4.79 Å². The Bertz CT molecular complexity index is 1120. The maximum atomic E-state index is 13.7. The predicted octanol–water partition coefficient (Wildman–Crippen LogP) is 2.53. The van der Waals surface area contributed by atoms with E-state index in [2.05, 4.69) is 22.8 Å². The monoisotopic (exact) mass is 545 g/mol. The normalized spacial score (nSPS) is 21.9. The van der Waals surface area contributed by atoms with Crippen LogP contribution in [0.1, 0.15) is 25.3 Å². The lowest BCUT2D eigenvalue weighted by Gasteiger charge is -2.31. The molecule has 1 N–H and O–H groups in total. The van der Waals surface area contributed by atoms with Gasteiger partial charge >= 0.3 is 12.1 Å². The molecule has 1 aromatic rings. The number of esters is 1. The van der Waals surface area contributed by atoms with Gasteiger partial charge in [-0.25, -0.2) is 14.6 Å². The van der Waals surface area contributed by atoms with Crippen molar-refractivity contribution in [3.8, 4) is 12.3 Å². The van der Waals surface area contributed by atoms with Crippen LogP contribution in [-0.4, -0.2) is 86.0 Å². The van der Waals surface area contributed by atoms with E-state index in [1.807, 2.05) is 6.07 Å². The third kappa shape index (κ3) is 6.85. The van der Waals surface area contributed by atoms with Crippen molar-refractivity contribution in [1.29, 1.82) is 0 Å². The van der Waals surface area contributed by atoms with Gasteiger partial charge in [0.15, 0.2) is 5.54 Å². The molecule has 0 aliphatic carbocycles. The summed E-state index contributed by atoms with van der Waals surface area (Å²) in [4.78, 5) is 45.1. The first kappa shape index (κ1) is 29.0. The van der Waals surface area contributed by atoms with E-state index in [-0.39, 0.29) is 32.1 Å². The quantitative estimate of drug-likeness (QED) is 0.258. The fourth-order valence-corrected chi connectivity index (χ4v) is 4.72. The van der Waals surface area contributed by atoms with E-state index in [0.717, 1.165) is 5.56 Å². The van der Waals surface area contributed by atoms with Gasteiger partial charge in [0.25, 0.3) is 0 Å². The molecule has 2 aliphatic rings. The van der Waals surface area contributed by atoms with Gasteiger partial charge in [0.2, 0.25) is 11.8 Å². The number of benzene rings is 1. The molecular weight excluding hydrogens is 514 g/mol. The smallest absolute Gasteiger partial charge is 0.408 e. The van der Waals surface area contributed by atoms with Gasteiger partial charge in [-0.15, -0.1) is 6.42 Å². The number of likely N-dealkylation sites (tertiary alicyclic amines) is 1. The molecular formula is C27H32ClN3O7. The van der Waals surface area contributed by atoms with E-state index in [9.17, 15) is 14.4 Å². The first-order chi connectivity index (χ1) is 18.2. The topological polar surface area (TPSA) is 116 Å². The lowest BCUT2D eigenvalue weighted by molar-refractivity contribution is -0.147. The van der Waals surface area contributed by atoms with Crippen LogP contribution < -0.4 is 5.32 Å².